The molecule has 6 heteroatoms. The largest absolute Gasteiger partial charge is 0.368 e. The molecule has 1 heterocycles. The molecule has 0 spiro atoms. The van der Waals surface area contributed by atoms with Crippen LogP contribution in [0.3, 0.4) is 0 Å². The minimum atomic E-state index is -0.597. The summed E-state index contributed by atoms with van der Waals surface area (Å²) in [6.07, 6.45) is 2.19. The van der Waals surface area contributed by atoms with Gasteiger partial charge in [0.15, 0.2) is 0 Å². The Hall–Kier alpha value is -0.780. The van der Waals surface area contributed by atoms with Gasteiger partial charge >= 0.3 is 0 Å². The summed E-state index contributed by atoms with van der Waals surface area (Å²) in [5.41, 5.74) is 10.5. The molecule has 0 aliphatic carbocycles. The molecular formula is C9H12ClN3OS. The van der Waals surface area contributed by atoms with Gasteiger partial charge in [0.2, 0.25) is 5.91 Å². The van der Waals surface area contributed by atoms with E-state index in [0.29, 0.717) is 17.2 Å². The number of nitrogens with zero attached hydrogens (tertiary/aromatic N) is 1. The topological polar surface area (TPSA) is 82.0 Å². The van der Waals surface area contributed by atoms with E-state index in [4.69, 9.17) is 23.1 Å². The lowest BCUT2D eigenvalue weighted by atomic mass is 10.2. The van der Waals surface area contributed by atoms with Crippen LogP contribution in [0.15, 0.2) is 23.4 Å². The molecule has 82 valence electrons. The third-order valence-corrected chi connectivity index (χ3v) is 3.21. The van der Waals surface area contributed by atoms with E-state index < -0.39 is 11.9 Å². The number of pyridine rings is 1. The van der Waals surface area contributed by atoms with Gasteiger partial charge in [0.25, 0.3) is 0 Å². The molecule has 4 nitrogen and oxygen atoms in total. The zero-order valence-electron chi connectivity index (χ0n) is 8.02. The first-order valence-corrected chi connectivity index (χ1v) is 5.76. The van der Waals surface area contributed by atoms with E-state index in [1.165, 1.54) is 11.8 Å². The van der Waals surface area contributed by atoms with Crippen LogP contribution >= 0.6 is 23.4 Å². The average Bonchev–Trinajstić information content (AvgIpc) is 2.20. The molecule has 0 saturated heterocycles. The Morgan fingerprint density at radius 3 is 3.00 bits per heavy atom. The molecule has 0 aliphatic heterocycles. The van der Waals surface area contributed by atoms with E-state index in [-0.39, 0.29) is 0 Å². The van der Waals surface area contributed by atoms with Gasteiger partial charge in [0, 0.05) is 11.9 Å². The SMILES string of the molecule is NC(=O)C(N)CCSc1ncccc1Cl. The number of nitrogens with two attached hydrogens (primary N) is 2. The number of primary amides is 1. The van der Waals surface area contributed by atoms with Crippen molar-refractivity contribution in [3.63, 3.8) is 0 Å². The highest BCUT2D eigenvalue weighted by atomic mass is 35.5. The fourth-order valence-corrected chi connectivity index (χ4v) is 2.09. The van der Waals surface area contributed by atoms with Gasteiger partial charge in [-0.1, -0.05) is 11.6 Å². The first-order chi connectivity index (χ1) is 7.11. The molecule has 0 aliphatic rings. The van der Waals surface area contributed by atoms with Crippen molar-refractivity contribution < 1.29 is 4.79 Å². The van der Waals surface area contributed by atoms with Crippen molar-refractivity contribution in [1.29, 1.82) is 0 Å². The Bertz CT molecular complexity index is 348. The van der Waals surface area contributed by atoms with Crippen LogP contribution in [0, 0.1) is 0 Å². The van der Waals surface area contributed by atoms with Crippen molar-refractivity contribution >= 4 is 29.3 Å². The molecule has 1 atom stereocenters. The fraction of sp³-hybridized carbons (Fsp3) is 0.333. The van der Waals surface area contributed by atoms with Crippen molar-refractivity contribution in [2.24, 2.45) is 11.5 Å². The summed E-state index contributed by atoms with van der Waals surface area (Å²) in [5.74, 6) is 0.184. The van der Waals surface area contributed by atoms with Crippen LogP contribution in [-0.2, 0) is 4.79 Å². The van der Waals surface area contributed by atoms with Crippen LogP contribution < -0.4 is 11.5 Å². The van der Waals surface area contributed by atoms with E-state index >= 15 is 0 Å². The molecule has 4 N–H and O–H groups in total. The first-order valence-electron chi connectivity index (χ1n) is 4.39. The smallest absolute Gasteiger partial charge is 0.234 e. The number of hydrogen-bond donors (Lipinski definition) is 2. The standard InChI is InChI=1S/C9H12ClN3OS/c10-6-2-1-4-13-9(6)15-5-3-7(11)8(12)14/h1-2,4,7H,3,5,11H2,(H2,12,14). The average molecular weight is 246 g/mol. The van der Waals surface area contributed by atoms with Gasteiger partial charge in [0.1, 0.15) is 5.03 Å². The normalized spacial score (nSPS) is 12.4. The molecule has 1 unspecified atom stereocenters. The number of carbonyl (C=O) groups excluding carboxylic acids is 1. The summed E-state index contributed by atoms with van der Waals surface area (Å²) in [6, 6.07) is 2.94. The maximum atomic E-state index is 10.7. The van der Waals surface area contributed by atoms with E-state index in [9.17, 15) is 4.79 Å². The quantitative estimate of drug-likeness (QED) is 0.759. The van der Waals surface area contributed by atoms with Crippen LogP contribution in [0.5, 0.6) is 0 Å². The third kappa shape index (κ3) is 4.07. The zero-order chi connectivity index (χ0) is 11.3. The second-order valence-electron chi connectivity index (χ2n) is 2.94. The summed E-state index contributed by atoms with van der Waals surface area (Å²) < 4.78 is 0. The summed E-state index contributed by atoms with van der Waals surface area (Å²) in [7, 11) is 0. The maximum Gasteiger partial charge on any atom is 0.234 e. The lowest BCUT2D eigenvalue weighted by Crippen LogP contribution is -2.36. The number of hydrogen-bond acceptors (Lipinski definition) is 4. The second kappa shape index (κ2) is 5.95. The summed E-state index contributed by atoms with van der Waals surface area (Å²) >= 11 is 7.36. The van der Waals surface area contributed by atoms with Gasteiger partial charge in [-0.05, 0) is 18.6 Å². The predicted octanol–water partition coefficient (Wildman–Crippen LogP) is 1.03. The van der Waals surface area contributed by atoms with E-state index in [1.54, 1.807) is 18.3 Å². The van der Waals surface area contributed by atoms with Crippen molar-refractivity contribution in [2.45, 2.75) is 17.5 Å². The van der Waals surface area contributed by atoms with Crippen molar-refractivity contribution in [3.05, 3.63) is 23.4 Å². The highest BCUT2D eigenvalue weighted by molar-refractivity contribution is 7.99. The van der Waals surface area contributed by atoms with Gasteiger partial charge in [-0.15, -0.1) is 11.8 Å². The van der Waals surface area contributed by atoms with Crippen LogP contribution in [0.2, 0.25) is 5.02 Å². The molecule has 1 rings (SSSR count). The van der Waals surface area contributed by atoms with E-state index in [1.807, 2.05) is 0 Å². The molecule has 0 aromatic carbocycles. The molecular weight excluding hydrogens is 234 g/mol. The highest BCUT2D eigenvalue weighted by Gasteiger charge is 2.09. The third-order valence-electron chi connectivity index (χ3n) is 1.76. The molecule has 0 fully saturated rings. The molecule has 1 aromatic rings. The first kappa shape index (κ1) is 12.3. The minimum absolute atomic E-state index is 0.484. The summed E-state index contributed by atoms with van der Waals surface area (Å²) in [4.78, 5) is 14.7. The van der Waals surface area contributed by atoms with E-state index in [0.717, 1.165) is 5.03 Å². The Morgan fingerprint density at radius 1 is 1.67 bits per heavy atom. The van der Waals surface area contributed by atoms with Crippen LogP contribution in [0.1, 0.15) is 6.42 Å². The fourth-order valence-electron chi connectivity index (χ4n) is 0.902. The van der Waals surface area contributed by atoms with Gasteiger partial charge < -0.3 is 11.5 Å². The Kier molecular flexibility index (Phi) is 4.87. The molecule has 15 heavy (non-hydrogen) atoms. The number of halogens is 1. The molecule has 1 amide bonds. The number of amides is 1. The number of thioether (sulfide) groups is 1. The Balaban J connectivity index is 2.38. The van der Waals surface area contributed by atoms with Crippen molar-refractivity contribution in [1.82, 2.24) is 4.98 Å². The molecule has 0 radical (unpaired) electrons. The summed E-state index contributed by atoms with van der Waals surface area (Å²) in [6.45, 7) is 0. The van der Waals surface area contributed by atoms with Gasteiger partial charge in [-0.3, -0.25) is 4.79 Å². The van der Waals surface area contributed by atoms with E-state index in [2.05, 4.69) is 4.98 Å². The summed E-state index contributed by atoms with van der Waals surface area (Å²) in [5, 5.41) is 1.35. The van der Waals surface area contributed by atoms with Gasteiger partial charge in [0.05, 0.1) is 11.1 Å². The van der Waals surface area contributed by atoms with Crippen LogP contribution in [0.4, 0.5) is 0 Å². The Morgan fingerprint density at radius 2 is 2.40 bits per heavy atom. The lowest BCUT2D eigenvalue weighted by Gasteiger charge is -2.06. The van der Waals surface area contributed by atoms with Crippen LogP contribution in [-0.4, -0.2) is 22.7 Å². The molecule has 1 aromatic heterocycles. The molecule has 0 saturated carbocycles. The van der Waals surface area contributed by atoms with Crippen LogP contribution in [0.25, 0.3) is 0 Å². The number of rotatable bonds is 5. The number of aromatic nitrogens is 1. The Labute approximate surface area is 97.4 Å². The zero-order valence-corrected chi connectivity index (χ0v) is 9.59. The monoisotopic (exact) mass is 245 g/mol. The highest BCUT2D eigenvalue weighted by Crippen LogP contribution is 2.24. The number of carbonyl (C=O) groups is 1. The van der Waals surface area contributed by atoms with Gasteiger partial charge in [-0.2, -0.15) is 0 Å². The maximum absolute atomic E-state index is 10.7. The minimum Gasteiger partial charge on any atom is -0.368 e. The van der Waals surface area contributed by atoms with Crippen molar-refractivity contribution in [3.8, 4) is 0 Å². The second-order valence-corrected chi connectivity index (χ2v) is 4.43. The van der Waals surface area contributed by atoms with Crippen molar-refractivity contribution in [2.75, 3.05) is 5.75 Å². The predicted molar refractivity (Wildman–Crippen MR) is 61.8 cm³/mol. The van der Waals surface area contributed by atoms with Gasteiger partial charge in [-0.25, -0.2) is 4.98 Å². The molecule has 0 bridgehead atoms. The lowest BCUT2D eigenvalue weighted by molar-refractivity contribution is -0.119.